The van der Waals surface area contributed by atoms with Crippen LogP contribution in [0.4, 0.5) is 15.8 Å². The zero-order valence-corrected chi connectivity index (χ0v) is 21.6. The number of carbonyl (C=O) groups excluding carboxylic acids is 1. The van der Waals surface area contributed by atoms with E-state index in [-0.39, 0.29) is 17.8 Å². The van der Waals surface area contributed by atoms with E-state index in [1.165, 1.54) is 29.8 Å². The first kappa shape index (κ1) is 25.1. The molecular formula is C32H36FN3O. The third-order valence-corrected chi connectivity index (χ3v) is 7.72. The summed E-state index contributed by atoms with van der Waals surface area (Å²) in [6, 6.07) is 22.4. The standard InChI is InChI=1S/C32H36FN3O/c1-23-11-6-8-17-29(23)31(32(37)34-27-14-4-3-5-15-27)36(28-16-10-13-26(33)21-28)24(2)22-35-20-19-25-12-7-9-18-30(25)35/h6-13,16-18,21,27,31H,2-5,14-15,19-20,22H2,1H3,(H,34,37). The Hall–Kier alpha value is -3.60. The number of para-hydroxylation sites is 1. The van der Waals surface area contributed by atoms with E-state index < -0.39 is 6.04 Å². The second-order valence-electron chi connectivity index (χ2n) is 10.3. The highest BCUT2D eigenvalue weighted by Crippen LogP contribution is 2.35. The zero-order chi connectivity index (χ0) is 25.8. The number of aryl methyl sites for hydroxylation is 1. The number of halogens is 1. The molecule has 1 N–H and O–H groups in total. The molecule has 1 fully saturated rings. The fourth-order valence-corrected chi connectivity index (χ4v) is 5.83. The van der Waals surface area contributed by atoms with Crippen molar-refractivity contribution < 1.29 is 9.18 Å². The first-order chi connectivity index (χ1) is 18.0. The molecule has 5 heteroatoms. The van der Waals surface area contributed by atoms with Gasteiger partial charge in [-0.1, -0.05) is 74.4 Å². The first-order valence-corrected chi connectivity index (χ1v) is 13.4. The van der Waals surface area contributed by atoms with Crippen molar-refractivity contribution in [3.05, 3.63) is 108 Å². The average Bonchev–Trinajstić information content (AvgIpc) is 3.31. The Morgan fingerprint density at radius 2 is 1.81 bits per heavy atom. The molecule has 0 aromatic heterocycles. The topological polar surface area (TPSA) is 35.6 Å². The number of nitrogens with one attached hydrogen (secondary N) is 1. The van der Waals surface area contributed by atoms with Crippen LogP contribution in [0.5, 0.6) is 0 Å². The van der Waals surface area contributed by atoms with Crippen LogP contribution in [-0.4, -0.2) is 25.0 Å². The number of carbonyl (C=O) groups is 1. The van der Waals surface area contributed by atoms with Gasteiger partial charge in [0.1, 0.15) is 11.9 Å². The van der Waals surface area contributed by atoms with Gasteiger partial charge >= 0.3 is 0 Å². The van der Waals surface area contributed by atoms with Gasteiger partial charge in [-0.3, -0.25) is 4.79 Å². The Morgan fingerprint density at radius 1 is 1.05 bits per heavy atom. The van der Waals surface area contributed by atoms with E-state index in [9.17, 15) is 9.18 Å². The highest BCUT2D eigenvalue weighted by molar-refractivity contribution is 5.88. The molecule has 2 aliphatic rings. The van der Waals surface area contributed by atoms with Crippen LogP contribution in [-0.2, 0) is 11.2 Å². The van der Waals surface area contributed by atoms with Crippen molar-refractivity contribution in [3.63, 3.8) is 0 Å². The molecule has 1 heterocycles. The summed E-state index contributed by atoms with van der Waals surface area (Å²) in [6.07, 6.45) is 6.46. The van der Waals surface area contributed by atoms with E-state index in [1.807, 2.05) is 42.2 Å². The van der Waals surface area contributed by atoms with Crippen LogP contribution in [0.2, 0.25) is 0 Å². The molecule has 1 aliphatic heterocycles. The number of hydrogen-bond acceptors (Lipinski definition) is 3. The summed E-state index contributed by atoms with van der Waals surface area (Å²) in [7, 11) is 0. The Morgan fingerprint density at radius 3 is 2.59 bits per heavy atom. The summed E-state index contributed by atoms with van der Waals surface area (Å²) in [6.45, 7) is 7.95. The molecule has 1 unspecified atom stereocenters. The molecule has 0 radical (unpaired) electrons. The predicted octanol–water partition coefficient (Wildman–Crippen LogP) is 6.71. The Kier molecular flexibility index (Phi) is 7.59. The number of nitrogens with zero attached hydrogens (tertiary/aromatic N) is 2. The van der Waals surface area contributed by atoms with Crippen molar-refractivity contribution in [1.29, 1.82) is 0 Å². The second kappa shape index (κ2) is 11.2. The third kappa shape index (κ3) is 5.56. The van der Waals surface area contributed by atoms with Crippen molar-refractivity contribution >= 4 is 17.3 Å². The summed E-state index contributed by atoms with van der Waals surface area (Å²) in [4.78, 5) is 18.4. The van der Waals surface area contributed by atoms with Crippen LogP contribution in [0.25, 0.3) is 0 Å². The van der Waals surface area contributed by atoms with Gasteiger partial charge in [-0.25, -0.2) is 4.39 Å². The Bertz CT molecular complexity index is 1270. The van der Waals surface area contributed by atoms with Crippen LogP contribution >= 0.6 is 0 Å². The maximum atomic E-state index is 14.5. The lowest BCUT2D eigenvalue weighted by atomic mass is 9.93. The highest BCUT2D eigenvalue weighted by atomic mass is 19.1. The number of amides is 1. The minimum Gasteiger partial charge on any atom is -0.365 e. The smallest absolute Gasteiger partial charge is 0.247 e. The molecule has 5 rings (SSSR count). The Labute approximate surface area is 219 Å². The number of fused-ring (bicyclic) bond motifs is 1. The maximum absolute atomic E-state index is 14.5. The molecule has 1 aliphatic carbocycles. The van der Waals surface area contributed by atoms with E-state index in [0.29, 0.717) is 12.2 Å². The minimum absolute atomic E-state index is 0.0616. The van der Waals surface area contributed by atoms with Gasteiger partial charge in [0.2, 0.25) is 5.91 Å². The van der Waals surface area contributed by atoms with Crippen LogP contribution in [0.3, 0.4) is 0 Å². The molecule has 0 spiro atoms. The van der Waals surface area contributed by atoms with Gasteiger partial charge in [0.25, 0.3) is 0 Å². The van der Waals surface area contributed by atoms with Gasteiger partial charge < -0.3 is 15.1 Å². The summed E-state index contributed by atoms with van der Waals surface area (Å²) in [5, 5.41) is 3.34. The van der Waals surface area contributed by atoms with Crippen molar-refractivity contribution in [1.82, 2.24) is 5.32 Å². The molecule has 1 saturated carbocycles. The molecule has 192 valence electrons. The summed E-state index contributed by atoms with van der Waals surface area (Å²) < 4.78 is 14.5. The fourth-order valence-electron chi connectivity index (χ4n) is 5.83. The molecule has 0 saturated heterocycles. The molecule has 3 aromatic carbocycles. The quantitative estimate of drug-likeness (QED) is 0.376. The Balaban J connectivity index is 1.53. The SMILES string of the molecule is C=C(CN1CCc2ccccc21)N(c1cccc(F)c1)C(C(=O)NC1CCCCC1)c1ccccc1C. The van der Waals surface area contributed by atoms with Crippen LogP contribution in [0.1, 0.15) is 54.8 Å². The molecule has 1 amide bonds. The minimum atomic E-state index is -0.657. The van der Waals surface area contributed by atoms with Gasteiger partial charge in [-0.2, -0.15) is 0 Å². The van der Waals surface area contributed by atoms with E-state index in [1.54, 1.807) is 6.07 Å². The monoisotopic (exact) mass is 497 g/mol. The number of benzene rings is 3. The van der Waals surface area contributed by atoms with Crippen molar-refractivity contribution in [2.24, 2.45) is 0 Å². The summed E-state index contributed by atoms with van der Waals surface area (Å²) in [5.74, 6) is -0.397. The molecule has 0 bridgehead atoms. The summed E-state index contributed by atoms with van der Waals surface area (Å²) in [5.41, 5.74) is 5.83. The van der Waals surface area contributed by atoms with Crippen molar-refractivity contribution in [2.75, 3.05) is 22.9 Å². The lowest BCUT2D eigenvalue weighted by molar-refractivity contribution is -0.123. The van der Waals surface area contributed by atoms with Crippen LogP contribution in [0, 0.1) is 12.7 Å². The first-order valence-electron chi connectivity index (χ1n) is 13.4. The van der Waals surface area contributed by atoms with E-state index in [4.69, 9.17) is 0 Å². The second-order valence-corrected chi connectivity index (χ2v) is 10.3. The van der Waals surface area contributed by atoms with Gasteiger partial charge in [0.05, 0.1) is 6.54 Å². The molecule has 1 atom stereocenters. The van der Waals surface area contributed by atoms with E-state index in [2.05, 4.69) is 41.1 Å². The largest absolute Gasteiger partial charge is 0.365 e. The average molecular weight is 498 g/mol. The molecule has 4 nitrogen and oxygen atoms in total. The van der Waals surface area contributed by atoms with Gasteiger partial charge in [-0.05, 0) is 67.1 Å². The fraction of sp³-hybridized carbons (Fsp3) is 0.344. The predicted molar refractivity (Wildman–Crippen MR) is 149 cm³/mol. The number of rotatable bonds is 8. The normalized spacial score (nSPS) is 16.2. The molecule has 3 aromatic rings. The zero-order valence-electron chi connectivity index (χ0n) is 21.6. The van der Waals surface area contributed by atoms with Crippen molar-refractivity contribution in [3.8, 4) is 0 Å². The van der Waals surface area contributed by atoms with Gasteiger partial charge in [0.15, 0.2) is 0 Å². The highest BCUT2D eigenvalue weighted by Gasteiger charge is 2.34. The van der Waals surface area contributed by atoms with Gasteiger partial charge in [-0.15, -0.1) is 0 Å². The number of hydrogen-bond donors (Lipinski definition) is 1. The third-order valence-electron chi connectivity index (χ3n) is 7.72. The van der Waals surface area contributed by atoms with E-state index in [0.717, 1.165) is 55.5 Å². The van der Waals surface area contributed by atoms with Crippen LogP contribution in [0.15, 0.2) is 85.1 Å². The van der Waals surface area contributed by atoms with Crippen LogP contribution < -0.4 is 15.1 Å². The lowest BCUT2D eigenvalue weighted by Crippen LogP contribution is -2.46. The molecule has 37 heavy (non-hydrogen) atoms. The van der Waals surface area contributed by atoms with Crippen molar-refractivity contribution in [2.45, 2.75) is 57.5 Å². The molecular weight excluding hydrogens is 461 g/mol. The lowest BCUT2D eigenvalue weighted by Gasteiger charge is -2.38. The number of anilines is 2. The maximum Gasteiger partial charge on any atom is 0.247 e. The van der Waals surface area contributed by atoms with Gasteiger partial charge in [0, 0.05) is 29.7 Å². The van der Waals surface area contributed by atoms with E-state index >= 15 is 0 Å². The summed E-state index contributed by atoms with van der Waals surface area (Å²) >= 11 is 0.